The molecule has 0 atom stereocenters. The minimum absolute atomic E-state index is 0.101. The molecule has 0 bridgehead atoms. The lowest BCUT2D eigenvalue weighted by Crippen LogP contribution is -2.35. The van der Waals surface area contributed by atoms with Crippen molar-refractivity contribution in [1.82, 2.24) is 29.5 Å². The average molecular weight is 473 g/mol. The summed E-state index contributed by atoms with van der Waals surface area (Å²) in [6.45, 7) is 2.03. The standard InChI is InChI=1S/C21H24N6O5S/c1-29-14-7-18(32-12-19(28)22-9-13-3-5-31-6-4-13)17-8-15(24-26(17)10-14)16-11-27-20(23-16)33-21(25-27)30-2/h7-8,10-11,13H,3-6,9,12H2,1-2H3,(H,22,28). The summed E-state index contributed by atoms with van der Waals surface area (Å²) in [6.07, 6.45) is 5.46. The summed E-state index contributed by atoms with van der Waals surface area (Å²) in [7, 11) is 3.14. The fraction of sp³-hybridized carbons (Fsp3) is 0.429. The molecular weight excluding hydrogens is 448 g/mol. The first-order valence-corrected chi connectivity index (χ1v) is 11.4. The van der Waals surface area contributed by atoms with Crippen molar-refractivity contribution in [1.29, 1.82) is 0 Å². The van der Waals surface area contributed by atoms with E-state index in [1.54, 1.807) is 41.7 Å². The van der Waals surface area contributed by atoms with Gasteiger partial charge in [0.05, 0.1) is 26.6 Å². The first kappa shape index (κ1) is 21.5. The fourth-order valence-electron chi connectivity index (χ4n) is 3.68. The quantitative estimate of drug-likeness (QED) is 0.415. The lowest BCUT2D eigenvalue weighted by molar-refractivity contribution is -0.123. The molecule has 1 saturated heterocycles. The molecule has 1 aliphatic heterocycles. The van der Waals surface area contributed by atoms with E-state index in [9.17, 15) is 4.79 Å². The van der Waals surface area contributed by atoms with Crippen molar-refractivity contribution in [3.05, 3.63) is 24.5 Å². The molecule has 0 spiro atoms. The number of carbonyl (C=O) groups excluding carboxylic acids is 1. The number of fused-ring (bicyclic) bond motifs is 2. The largest absolute Gasteiger partial charge is 0.495 e. The molecule has 11 nitrogen and oxygen atoms in total. The molecule has 5 rings (SSSR count). The first-order chi connectivity index (χ1) is 16.1. The van der Waals surface area contributed by atoms with E-state index in [-0.39, 0.29) is 12.5 Å². The summed E-state index contributed by atoms with van der Waals surface area (Å²) >= 11 is 1.34. The van der Waals surface area contributed by atoms with Crippen molar-refractivity contribution in [2.75, 3.05) is 40.6 Å². The van der Waals surface area contributed by atoms with Crippen LogP contribution < -0.4 is 19.5 Å². The van der Waals surface area contributed by atoms with Crippen LogP contribution in [-0.4, -0.2) is 70.7 Å². The topological polar surface area (TPSA) is 114 Å². The molecule has 0 saturated carbocycles. The monoisotopic (exact) mass is 472 g/mol. The molecule has 0 unspecified atom stereocenters. The van der Waals surface area contributed by atoms with Gasteiger partial charge in [0.25, 0.3) is 11.1 Å². The third-order valence-electron chi connectivity index (χ3n) is 5.50. The predicted molar refractivity (Wildman–Crippen MR) is 120 cm³/mol. The van der Waals surface area contributed by atoms with Gasteiger partial charge >= 0.3 is 0 Å². The van der Waals surface area contributed by atoms with E-state index in [2.05, 4.69) is 20.5 Å². The lowest BCUT2D eigenvalue weighted by Gasteiger charge is -2.22. The number of amides is 1. The molecule has 4 aromatic rings. The zero-order chi connectivity index (χ0) is 22.8. The minimum atomic E-state index is -0.170. The molecule has 5 heterocycles. The second-order valence-electron chi connectivity index (χ2n) is 7.68. The number of rotatable bonds is 8. The third kappa shape index (κ3) is 4.57. The minimum Gasteiger partial charge on any atom is -0.495 e. The maximum Gasteiger partial charge on any atom is 0.294 e. The summed E-state index contributed by atoms with van der Waals surface area (Å²) in [5.41, 5.74) is 2.01. The van der Waals surface area contributed by atoms with Crippen LogP contribution in [0.3, 0.4) is 0 Å². The molecule has 0 aliphatic carbocycles. The zero-order valence-electron chi connectivity index (χ0n) is 18.3. The summed E-state index contributed by atoms with van der Waals surface area (Å²) in [4.78, 5) is 17.6. The number of carbonyl (C=O) groups is 1. The fourth-order valence-corrected chi connectivity index (χ4v) is 4.38. The highest BCUT2D eigenvalue weighted by atomic mass is 32.1. The normalized spacial score (nSPS) is 14.6. The van der Waals surface area contributed by atoms with Crippen LogP contribution in [0.15, 0.2) is 24.5 Å². The van der Waals surface area contributed by atoms with Crippen LogP contribution in [0.25, 0.3) is 21.9 Å². The van der Waals surface area contributed by atoms with Crippen molar-refractivity contribution >= 4 is 27.7 Å². The highest BCUT2D eigenvalue weighted by molar-refractivity contribution is 7.18. The molecule has 33 heavy (non-hydrogen) atoms. The van der Waals surface area contributed by atoms with Gasteiger partial charge in [-0.15, -0.1) is 5.10 Å². The first-order valence-electron chi connectivity index (χ1n) is 10.6. The summed E-state index contributed by atoms with van der Waals surface area (Å²) in [6, 6.07) is 3.60. The summed E-state index contributed by atoms with van der Waals surface area (Å²) in [5.74, 6) is 1.33. The molecule has 1 fully saturated rings. The third-order valence-corrected chi connectivity index (χ3v) is 6.38. The van der Waals surface area contributed by atoms with Gasteiger partial charge < -0.3 is 24.3 Å². The number of nitrogens with zero attached hydrogens (tertiary/aromatic N) is 5. The highest BCUT2D eigenvalue weighted by Crippen LogP contribution is 2.30. The molecule has 12 heteroatoms. The Hall–Kier alpha value is -3.38. The van der Waals surface area contributed by atoms with Gasteiger partial charge in [-0.3, -0.25) is 4.79 Å². The lowest BCUT2D eigenvalue weighted by atomic mass is 10.0. The second-order valence-corrected chi connectivity index (χ2v) is 8.60. The Morgan fingerprint density at radius 2 is 2.00 bits per heavy atom. The van der Waals surface area contributed by atoms with E-state index < -0.39 is 0 Å². The maximum absolute atomic E-state index is 12.3. The average Bonchev–Trinajstić information content (AvgIpc) is 3.54. The maximum atomic E-state index is 12.3. The summed E-state index contributed by atoms with van der Waals surface area (Å²) in [5, 5.41) is 12.4. The second kappa shape index (κ2) is 9.24. The van der Waals surface area contributed by atoms with Crippen LogP contribution >= 0.6 is 11.3 Å². The van der Waals surface area contributed by atoms with E-state index in [0.717, 1.165) is 26.1 Å². The van der Waals surface area contributed by atoms with Gasteiger partial charge in [0.15, 0.2) is 6.61 Å². The Morgan fingerprint density at radius 1 is 1.15 bits per heavy atom. The van der Waals surface area contributed by atoms with Gasteiger partial charge in [-0.05, 0) is 36.2 Å². The van der Waals surface area contributed by atoms with Gasteiger partial charge in [-0.25, -0.2) is 14.0 Å². The number of pyridine rings is 1. The number of methoxy groups -OCH3 is 2. The van der Waals surface area contributed by atoms with Crippen molar-refractivity contribution < 1.29 is 23.7 Å². The van der Waals surface area contributed by atoms with Crippen LogP contribution in [0.5, 0.6) is 16.7 Å². The van der Waals surface area contributed by atoms with E-state index in [1.165, 1.54) is 11.3 Å². The summed E-state index contributed by atoms with van der Waals surface area (Å²) < 4.78 is 25.1. The Morgan fingerprint density at radius 3 is 2.76 bits per heavy atom. The van der Waals surface area contributed by atoms with Crippen LogP contribution in [0.2, 0.25) is 0 Å². The van der Waals surface area contributed by atoms with Crippen LogP contribution in [-0.2, 0) is 9.53 Å². The van der Waals surface area contributed by atoms with Crippen molar-refractivity contribution in [3.8, 4) is 28.1 Å². The Kier molecular flexibility index (Phi) is 6.01. The highest BCUT2D eigenvalue weighted by Gasteiger charge is 2.18. The zero-order valence-corrected chi connectivity index (χ0v) is 19.1. The van der Waals surface area contributed by atoms with Crippen LogP contribution in [0, 0.1) is 5.92 Å². The van der Waals surface area contributed by atoms with Crippen LogP contribution in [0.4, 0.5) is 0 Å². The number of nitrogens with one attached hydrogen (secondary N) is 1. The number of ether oxygens (including phenoxy) is 4. The Bertz CT molecular complexity index is 1240. The SMILES string of the molecule is COc1cc(OCC(=O)NCC2CCOCC2)c2cc(-c3cn4nc(OC)sc4n3)nn2c1. The van der Waals surface area contributed by atoms with E-state index in [1.807, 2.05) is 6.07 Å². The number of hydrogen-bond donors (Lipinski definition) is 1. The van der Waals surface area contributed by atoms with E-state index in [4.69, 9.17) is 18.9 Å². The predicted octanol–water partition coefficient (Wildman–Crippen LogP) is 2.04. The van der Waals surface area contributed by atoms with E-state index >= 15 is 0 Å². The Labute approximate surface area is 193 Å². The van der Waals surface area contributed by atoms with E-state index in [0.29, 0.717) is 51.0 Å². The molecule has 4 aromatic heterocycles. The molecule has 0 aromatic carbocycles. The molecule has 0 radical (unpaired) electrons. The van der Waals surface area contributed by atoms with Crippen molar-refractivity contribution in [2.45, 2.75) is 12.8 Å². The van der Waals surface area contributed by atoms with Gasteiger partial charge in [-0.1, -0.05) is 0 Å². The van der Waals surface area contributed by atoms with Crippen molar-refractivity contribution in [2.24, 2.45) is 5.92 Å². The van der Waals surface area contributed by atoms with Gasteiger partial charge in [0.2, 0.25) is 4.96 Å². The van der Waals surface area contributed by atoms with Crippen LogP contribution in [0.1, 0.15) is 12.8 Å². The smallest absolute Gasteiger partial charge is 0.294 e. The van der Waals surface area contributed by atoms with Gasteiger partial charge in [0.1, 0.15) is 28.4 Å². The number of hydrogen-bond acceptors (Lipinski definition) is 9. The number of imidazole rings is 1. The molecule has 1 N–H and O–H groups in total. The molecular formula is C21H24N6O5S. The molecule has 174 valence electrons. The number of aromatic nitrogens is 5. The van der Waals surface area contributed by atoms with Gasteiger partial charge in [0, 0.05) is 25.8 Å². The molecule has 1 amide bonds. The Balaban J connectivity index is 1.33. The molecule has 1 aliphatic rings. The van der Waals surface area contributed by atoms with Gasteiger partial charge in [-0.2, -0.15) is 5.10 Å². The van der Waals surface area contributed by atoms with Crippen molar-refractivity contribution in [3.63, 3.8) is 0 Å².